The summed E-state index contributed by atoms with van der Waals surface area (Å²) >= 11 is 0. The maximum atomic E-state index is 13.6. The number of hydrogen-bond donors (Lipinski definition) is 0. The van der Waals surface area contributed by atoms with Crippen LogP contribution in [0.15, 0.2) is 42.6 Å². The van der Waals surface area contributed by atoms with Gasteiger partial charge < -0.3 is 4.90 Å². The highest BCUT2D eigenvalue weighted by Crippen LogP contribution is 2.33. The van der Waals surface area contributed by atoms with Crippen molar-refractivity contribution < 1.29 is 22.4 Å². The molecule has 1 aliphatic heterocycles. The second-order valence-corrected chi connectivity index (χ2v) is 9.31. The van der Waals surface area contributed by atoms with Gasteiger partial charge in [-0.15, -0.1) is 10.2 Å². The predicted molar refractivity (Wildman–Crippen MR) is 121 cm³/mol. The summed E-state index contributed by atoms with van der Waals surface area (Å²) in [6, 6.07) is 8.29. The Labute approximate surface area is 203 Å². The van der Waals surface area contributed by atoms with E-state index >= 15 is 0 Å². The molecular weight excluding hydrogens is 476 g/mol. The first kappa shape index (κ1) is 22.7. The minimum atomic E-state index is -4.48. The molecule has 0 spiro atoms. The normalized spacial score (nSPS) is 18.1. The Morgan fingerprint density at radius 3 is 2.58 bits per heavy atom. The number of fused-ring (bicyclic) bond motifs is 2. The van der Waals surface area contributed by atoms with Crippen molar-refractivity contribution in [3.05, 3.63) is 76.8 Å². The Morgan fingerprint density at radius 2 is 1.81 bits per heavy atom. The number of halogens is 4. The number of rotatable bonds is 3. The number of nitrogens with zero attached hydrogens (tertiary/aromatic N) is 6. The molecule has 1 unspecified atom stereocenters. The number of pyridine rings is 1. The number of piperidine rings is 1. The molecule has 186 valence electrons. The average Bonchev–Trinajstić information content (AvgIpc) is 3.59. The van der Waals surface area contributed by atoms with Crippen molar-refractivity contribution in [1.29, 1.82) is 0 Å². The molecule has 1 aliphatic carbocycles. The van der Waals surface area contributed by atoms with E-state index in [9.17, 15) is 22.4 Å². The highest BCUT2D eigenvalue weighted by atomic mass is 19.4. The highest BCUT2D eigenvalue weighted by molar-refractivity contribution is 5.94. The van der Waals surface area contributed by atoms with Crippen molar-refractivity contribution in [1.82, 2.24) is 29.3 Å². The number of amides is 1. The van der Waals surface area contributed by atoms with Crippen LogP contribution in [-0.4, -0.2) is 48.3 Å². The third-order valence-corrected chi connectivity index (χ3v) is 7.03. The lowest BCUT2D eigenvalue weighted by Crippen LogP contribution is -2.40. The molecule has 0 N–H and O–H groups in total. The van der Waals surface area contributed by atoms with E-state index in [1.54, 1.807) is 21.7 Å². The van der Waals surface area contributed by atoms with Crippen LogP contribution in [0.1, 0.15) is 58.3 Å². The van der Waals surface area contributed by atoms with E-state index in [1.165, 1.54) is 22.6 Å². The van der Waals surface area contributed by atoms with Crippen molar-refractivity contribution in [2.24, 2.45) is 0 Å². The molecule has 1 atom stereocenters. The molecule has 7 nitrogen and oxygen atoms in total. The van der Waals surface area contributed by atoms with E-state index in [2.05, 4.69) is 15.3 Å². The SMILES string of the molecule is O=C(c1nn(-c2ccc(F)cc2)c2c1CCC2)N1CCCC(c2nnc3ccc(C(F)(F)F)cn23)C1. The van der Waals surface area contributed by atoms with Crippen molar-refractivity contribution in [3.63, 3.8) is 0 Å². The summed E-state index contributed by atoms with van der Waals surface area (Å²) < 4.78 is 56.3. The van der Waals surface area contributed by atoms with Crippen LogP contribution in [0, 0.1) is 5.82 Å². The third-order valence-electron chi connectivity index (χ3n) is 7.03. The van der Waals surface area contributed by atoms with Crippen LogP contribution in [0.25, 0.3) is 11.3 Å². The lowest BCUT2D eigenvalue weighted by molar-refractivity contribution is -0.137. The minimum absolute atomic E-state index is 0.205. The summed E-state index contributed by atoms with van der Waals surface area (Å²) in [5.74, 6) is -0.394. The fraction of sp³-hybridized carbons (Fsp3) is 0.360. The van der Waals surface area contributed by atoms with Crippen LogP contribution in [-0.2, 0) is 19.0 Å². The van der Waals surface area contributed by atoms with Gasteiger partial charge in [-0.1, -0.05) is 0 Å². The molecule has 0 radical (unpaired) electrons. The van der Waals surface area contributed by atoms with Gasteiger partial charge in [-0.2, -0.15) is 18.3 Å². The van der Waals surface area contributed by atoms with Crippen LogP contribution in [0.3, 0.4) is 0 Å². The summed E-state index contributed by atoms with van der Waals surface area (Å²) in [7, 11) is 0. The van der Waals surface area contributed by atoms with Gasteiger partial charge in [0.05, 0.1) is 11.3 Å². The van der Waals surface area contributed by atoms with Gasteiger partial charge in [0.15, 0.2) is 11.3 Å². The van der Waals surface area contributed by atoms with E-state index in [4.69, 9.17) is 0 Å². The molecule has 0 saturated carbocycles. The number of alkyl halides is 3. The first-order valence-corrected chi connectivity index (χ1v) is 11.9. The van der Waals surface area contributed by atoms with Crippen LogP contribution in [0.4, 0.5) is 17.6 Å². The number of aromatic nitrogens is 5. The smallest absolute Gasteiger partial charge is 0.337 e. The summed E-state index contributed by atoms with van der Waals surface area (Å²) in [6.07, 6.45) is 0.335. The molecule has 0 bridgehead atoms. The zero-order valence-electron chi connectivity index (χ0n) is 19.2. The highest BCUT2D eigenvalue weighted by Gasteiger charge is 2.35. The Hall–Kier alpha value is -3.76. The molecule has 4 heterocycles. The van der Waals surface area contributed by atoms with Gasteiger partial charge in [0, 0.05) is 36.5 Å². The zero-order valence-corrected chi connectivity index (χ0v) is 19.2. The first-order chi connectivity index (χ1) is 17.3. The summed E-state index contributed by atoms with van der Waals surface area (Å²) in [4.78, 5) is 15.3. The van der Waals surface area contributed by atoms with E-state index in [1.807, 2.05) is 0 Å². The molecule has 11 heteroatoms. The van der Waals surface area contributed by atoms with Crippen LogP contribution >= 0.6 is 0 Å². The molecule has 36 heavy (non-hydrogen) atoms. The number of carbonyl (C=O) groups excluding carboxylic acids is 1. The molecule has 1 fully saturated rings. The first-order valence-electron chi connectivity index (χ1n) is 11.9. The lowest BCUT2D eigenvalue weighted by atomic mass is 9.96. The summed E-state index contributed by atoms with van der Waals surface area (Å²) in [5, 5.41) is 12.8. The molecule has 1 aromatic carbocycles. The molecule has 1 saturated heterocycles. The monoisotopic (exact) mass is 498 g/mol. The third kappa shape index (κ3) is 3.82. The Bertz CT molecular complexity index is 1460. The van der Waals surface area contributed by atoms with Gasteiger partial charge in [-0.25, -0.2) is 9.07 Å². The maximum Gasteiger partial charge on any atom is 0.417 e. The van der Waals surface area contributed by atoms with Crippen LogP contribution < -0.4 is 0 Å². The number of likely N-dealkylation sites (tertiary alicyclic amines) is 1. The topological polar surface area (TPSA) is 68.3 Å². The van der Waals surface area contributed by atoms with Crippen molar-refractivity contribution in [3.8, 4) is 5.69 Å². The maximum absolute atomic E-state index is 13.6. The molecular formula is C25H22F4N6O. The quantitative estimate of drug-likeness (QED) is 0.388. The van der Waals surface area contributed by atoms with E-state index < -0.39 is 11.7 Å². The largest absolute Gasteiger partial charge is 0.417 e. The Balaban J connectivity index is 1.30. The van der Waals surface area contributed by atoms with Gasteiger partial charge >= 0.3 is 6.18 Å². The summed E-state index contributed by atoms with van der Waals surface area (Å²) in [6.45, 7) is 0.839. The Kier molecular flexibility index (Phi) is 5.31. The number of hydrogen-bond acceptors (Lipinski definition) is 4. The van der Waals surface area contributed by atoms with E-state index in [0.29, 0.717) is 48.8 Å². The van der Waals surface area contributed by atoms with Crippen molar-refractivity contribution >= 4 is 11.6 Å². The fourth-order valence-corrected chi connectivity index (χ4v) is 5.28. The van der Waals surface area contributed by atoms with Gasteiger partial charge in [0.25, 0.3) is 5.91 Å². The molecule has 6 rings (SSSR count). The van der Waals surface area contributed by atoms with Crippen LogP contribution in [0.5, 0.6) is 0 Å². The predicted octanol–water partition coefficient (Wildman–Crippen LogP) is 4.58. The van der Waals surface area contributed by atoms with Gasteiger partial charge in [-0.3, -0.25) is 9.20 Å². The number of benzene rings is 1. The molecule has 3 aromatic heterocycles. The number of carbonyl (C=O) groups is 1. The van der Waals surface area contributed by atoms with E-state index in [-0.39, 0.29) is 17.6 Å². The standard InChI is InChI=1S/C25H22F4N6O/c26-17-7-9-18(10-8-17)35-20-5-1-4-19(20)22(32-35)24(36)33-12-2-3-15(13-33)23-31-30-21-11-6-16(14-34(21)23)25(27,28)29/h6-11,14-15H,1-5,12-13H2. The van der Waals surface area contributed by atoms with Crippen molar-refractivity contribution in [2.45, 2.75) is 44.2 Å². The lowest BCUT2D eigenvalue weighted by Gasteiger charge is -2.31. The van der Waals surface area contributed by atoms with Crippen molar-refractivity contribution in [2.75, 3.05) is 13.1 Å². The van der Waals surface area contributed by atoms with Crippen LogP contribution in [0.2, 0.25) is 0 Å². The Morgan fingerprint density at radius 1 is 1.00 bits per heavy atom. The molecule has 2 aliphatic rings. The fourth-order valence-electron chi connectivity index (χ4n) is 5.28. The van der Waals surface area contributed by atoms with Gasteiger partial charge in [-0.05, 0) is 68.5 Å². The van der Waals surface area contributed by atoms with Gasteiger partial charge in [0.2, 0.25) is 0 Å². The molecule has 1 amide bonds. The minimum Gasteiger partial charge on any atom is -0.337 e. The zero-order chi connectivity index (χ0) is 25.0. The summed E-state index contributed by atoms with van der Waals surface area (Å²) in [5.41, 5.74) is 2.51. The average molecular weight is 498 g/mol. The van der Waals surface area contributed by atoms with E-state index in [0.717, 1.165) is 42.8 Å². The second kappa shape index (κ2) is 8.42. The van der Waals surface area contributed by atoms with Gasteiger partial charge in [0.1, 0.15) is 11.6 Å². The molecule has 4 aromatic rings. The second-order valence-electron chi connectivity index (χ2n) is 9.31.